The molecular formula is C26H30ClN4O2P. The van der Waals surface area contributed by atoms with Crippen molar-refractivity contribution in [2.24, 2.45) is 18.9 Å². The van der Waals surface area contributed by atoms with E-state index < -0.39 is 0 Å². The van der Waals surface area contributed by atoms with Crippen molar-refractivity contribution in [3.8, 4) is 5.75 Å². The molecule has 0 radical (unpaired) electrons. The summed E-state index contributed by atoms with van der Waals surface area (Å²) in [7, 11) is 6.07. The number of rotatable bonds is 5. The second-order valence-electron chi connectivity index (χ2n) is 9.59. The van der Waals surface area contributed by atoms with Gasteiger partial charge in [-0.15, -0.1) is 9.24 Å². The number of nitrogens with zero attached hydrogens (tertiary/aromatic N) is 2. The number of carbonyl (C=O) groups excluding carboxylic acids is 1. The van der Waals surface area contributed by atoms with Gasteiger partial charge in [0.2, 0.25) is 0 Å². The molecule has 1 heterocycles. The van der Waals surface area contributed by atoms with Crippen molar-refractivity contribution >= 4 is 43.6 Å². The number of nitrogens with one attached hydrogen (secondary N) is 1. The number of aromatic nitrogens is 2. The van der Waals surface area contributed by atoms with Gasteiger partial charge in [0.15, 0.2) is 0 Å². The van der Waals surface area contributed by atoms with Gasteiger partial charge in [0, 0.05) is 23.7 Å². The fourth-order valence-corrected chi connectivity index (χ4v) is 6.22. The molecule has 2 aliphatic carbocycles. The fraction of sp³-hybridized carbons (Fsp3) is 0.385. The third-order valence-electron chi connectivity index (χ3n) is 7.59. The Hall–Kier alpha value is -2.56. The molecule has 0 bridgehead atoms. The summed E-state index contributed by atoms with van der Waals surface area (Å²) in [5.41, 5.74) is 9.66. The van der Waals surface area contributed by atoms with Crippen LogP contribution in [0.5, 0.6) is 5.75 Å². The quantitative estimate of drug-likeness (QED) is 0.481. The smallest absolute Gasteiger partial charge is 0.261 e. The summed E-state index contributed by atoms with van der Waals surface area (Å²) >= 11 is 6.22. The van der Waals surface area contributed by atoms with Gasteiger partial charge in [-0.2, -0.15) is 5.10 Å². The first-order valence-electron chi connectivity index (χ1n) is 11.7. The fourth-order valence-electron chi connectivity index (χ4n) is 5.86. The minimum Gasteiger partial charge on any atom is -0.497 e. The predicted molar refractivity (Wildman–Crippen MR) is 140 cm³/mol. The van der Waals surface area contributed by atoms with Crippen molar-refractivity contribution in [2.45, 2.75) is 37.5 Å². The number of hydrogen-bond acceptors (Lipinski definition) is 4. The Morgan fingerprint density at radius 3 is 2.38 bits per heavy atom. The zero-order valence-corrected chi connectivity index (χ0v) is 21.3. The summed E-state index contributed by atoms with van der Waals surface area (Å²) in [6, 6.07) is 13.9. The zero-order valence-electron chi connectivity index (χ0n) is 19.4. The zero-order chi connectivity index (χ0) is 24.0. The Balaban J connectivity index is 1.31. The first kappa shape index (κ1) is 23.2. The number of methoxy groups -OCH3 is 1. The summed E-state index contributed by atoms with van der Waals surface area (Å²) in [6.07, 6.45) is 4.44. The monoisotopic (exact) mass is 496 g/mol. The molecule has 3 aromatic rings. The number of benzene rings is 2. The number of anilines is 2. The Morgan fingerprint density at radius 2 is 1.76 bits per heavy atom. The highest BCUT2D eigenvalue weighted by Crippen LogP contribution is 2.55. The number of nitrogen functional groups attached to an aromatic ring is 1. The molecule has 3 atom stereocenters. The van der Waals surface area contributed by atoms with E-state index in [-0.39, 0.29) is 11.8 Å². The van der Waals surface area contributed by atoms with Crippen LogP contribution in [0, 0.1) is 11.8 Å². The first-order valence-corrected chi connectivity index (χ1v) is 12.6. The average Bonchev–Trinajstić information content (AvgIpc) is 3.48. The van der Waals surface area contributed by atoms with Gasteiger partial charge in [-0.25, -0.2) is 0 Å². The third-order valence-corrected chi connectivity index (χ3v) is 8.61. The summed E-state index contributed by atoms with van der Waals surface area (Å²) in [4.78, 5) is 13.3. The maximum atomic E-state index is 13.3. The van der Waals surface area contributed by atoms with Crippen LogP contribution in [-0.2, 0) is 7.05 Å². The topological polar surface area (TPSA) is 82.2 Å². The third kappa shape index (κ3) is 4.30. The molecule has 2 aromatic carbocycles. The van der Waals surface area contributed by atoms with Crippen molar-refractivity contribution in [2.75, 3.05) is 18.2 Å². The molecule has 5 rings (SSSR count). The van der Waals surface area contributed by atoms with E-state index in [4.69, 9.17) is 27.2 Å². The van der Waals surface area contributed by atoms with E-state index in [1.807, 2.05) is 24.3 Å². The minimum absolute atomic E-state index is 0.235. The van der Waals surface area contributed by atoms with Crippen molar-refractivity contribution < 1.29 is 9.53 Å². The molecule has 8 heteroatoms. The van der Waals surface area contributed by atoms with E-state index in [0.717, 1.165) is 29.6 Å². The first-order chi connectivity index (χ1) is 16.3. The summed E-state index contributed by atoms with van der Waals surface area (Å²) in [5, 5.41) is 9.12. The van der Waals surface area contributed by atoms with Crippen molar-refractivity contribution in [1.82, 2.24) is 9.78 Å². The van der Waals surface area contributed by atoms with Gasteiger partial charge in [-0.3, -0.25) is 9.48 Å². The highest BCUT2D eigenvalue weighted by Gasteiger charge is 2.44. The molecule has 178 valence electrons. The van der Waals surface area contributed by atoms with Gasteiger partial charge in [0.05, 0.1) is 12.8 Å². The average molecular weight is 497 g/mol. The number of amides is 1. The van der Waals surface area contributed by atoms with Crippen LogP contribution in [0.3, 0.4) is 0 Å². The van der Waals surface area contributed by atoms with Gasteiger partial charge in [0.25, 0.3) is 5.91 Å². The van der Waals surface area contributed by atoms with Gasteiger partial charge >= 0.3 is 0 Å². The lowest BCUT2D eigenvalue weighted by Crippen LogP contribution is -2.17. The van der Waals surface area contributed by atoms with Crippen LogP contribution in [0.25, 0.3) is 0 Å². The maximum Gasteiger partial charge on any atom is 0.261 e. The molecule has 0 spiro atoms. The van der Waals surface area contributed by atoms with E-state index in [0.29, 0.717) is 39.8 Å². The second kappa shape index (κ2) is 9.24. The number of ether oxygens (including phenoxy) is 1. The SMILES string of the molecule is COc1ccc(C2CC3CC(c4nn(C)c(N)c4C(=O)Nc4ccc(P)c(Cl)c4)CC3C2)cc1. The Morgan fingerprint density at radius 1 is 1.12 bits per heavy atom. The molecule has 0 aliphatic heterocycles. The van der Waals surface area contributed by atoms with Gasteiger partial charge in [-0.05, 0) is 78.6 Å². The van der Waals surface area contributed by atoms with Crippen LogP contribution in [0.4, 0.5) is 11.5 Å². The molecule has 2 fully saturated rings. The minimum atomic E-state index is -0.235. The molecule has 2 aliphatic rings. The molecule has 34 heavy (non-hydrogen) atoms. The van der Waals surface area contributed by atoms with Gasteiger partial charge < -0.3 is 15.8 Å². The number of carbonyl (C=O) groups is 1. The second-order valence-corrected chi connectivity index (χ2v) is 10.6. The molecule has 1 amide bonds. The Kier molecular flexibility index (Phi) is 6.30. The number of nitrogens with two attached hydrogens (primary N) is 1. The van der Waals surface area contributed by atoms with Crippen LogP contribution < -0.4 is 21.1 Å². The molecule has 6 nitrogen and oxygen atoms in total. The summed E-state index contributed by atoms with van der Waals surface area (Å²) in [6.45, 7) is 0. The number of halogens is 1. The van der Waals surface area contributed by atoms with Crippen LogP contribution in [0.1, 0.15) is 59.1 Å². The van der Waals surface area contributed by atoms with Crippen LogP contribution >= 0.6 is 20.8 Å². The van der Waals surface area contributed by atoms with E-state index in [9.17, 15) is 4.79 Å². The lowest BCUT2D eigenvalue weighted by atomic mass is 9.90. The predicted octanol–water partition coefficient (Wildman–Crippen LogP) is 5.10. The van der Waals surface area contributed by atoms with Crippen LogP contribution in [0.15, 0.2) is 42.5 Å². The number of aryl methyl sites for hydroxylation is 1. The van der Waals surface area contributed by atoms with Crippen molar-refractivity contribution in [3.63, 3.8) is 0 Å². The summed E-state index contributed by atoms with van der Waals surface area (Å²) < 4.78 is 6.92. The molecular weight excluding hydrogens is 467 g/mol. The van der Waals surface area contributed by atoms with E-state index in [2.05, 4.69) is 26.7 Å². The number of hydrogen-bond donors (Lipinski definition) is 2. The lowest BCUT2D eigenvalue weighted by molar-refractivity contribution is 0.102. The highest BCUT2D eigenvalue weighted by atomic mass is 35.5. The van der Waals surface area contributed by atoms with Crippen molar-refractivity contribution in [1.29, 1.82) is 0 Å². The number of fused-ring (bicyclic) bond motifs is 1. The van der Waals surface area contributed by atoms with Crippen molar-refractivity contribution in [3.05, 3.63) is 64.3 Å². The van der Waals surface area contributed by atoms with E-state index >= 15 is 0 Å². The largest absolute Gasteiger partial charge is 0.497 e. The van der Waals surface area contributed by atoms with E-state index in [1.165, 1.54) is 18.4 Å². The van der Waals surface area contributed by atoms with Crippen LogP contribution in [0.2, 0.25) is 5.02 Å². The standard InChI is InChI=1S/C26H30ClN4O2P/c1-31-25(28)23(26(32)29-19-5-8-22(34)21(27)13-19)24(30-31)18-11-16-9-15(10-17(16)12-18)14-3-6-20(33-2)7-4-14/h3-8,13,15-18H,9-12,28,34H2,1-2H3,(H,29,32). The molecule has 0 saturated heterocycles. The van der Waals surface area contributed by atoms with E-state index in [1.54, 1.807) is 24.9 Å². The lowest BCUT2D eigenvalue weighted by Gasteiger charge is -2.16. The summed E-state index contributed by atoms with van der Waals surface area (Å²) in [5.74, 6) is 3.18. The highest BCUT2D eigenvalue weighted by molar-refractivity contribution is 7.28. The Labute approximate surface area is 207 Å². The van der Waals surface area contributed by atoms with Crippen LogP contribution in [-0.4, -0.2) is 22.8 Å². The van der Waals surface area contributed by atoms with Gasteiger partial charge in [-0.1, -0.05) is 29.8 Å². The molecule has 3 N–H and O–H groups in total. The molecule has 2 saturated carbocycles. The van der Waals surface area contributed by atoms with Gasteiger partial charge in [0.1, 0.15) is 17.1 Å². The molecule has 3 unspecified atom stereocenters. The maximum absolute atomic E-state index is 13.3. The Bertz CT molecular complexity index is 1210. The normalized spacial score (nSPS) is 23.6. The molecule has 1 aromatic heterocycles.